The SMILES string of the molecule is COc1ccc(CCCC(C)N)c(OC)c1C. The van der Waals surface area contributed by atoms with Gasteiger partial charge in [0.05, 0.1) is 14.2 Å². The summed E-state index contributed by atoms with van der Waals surface area (Å²) in [5, 5.41) is 0. The fourth-order valence-corrected chi connectivity index (χ4v) is 2.05. The minimum atomic E-state index is 0.264. The summed E-state index contributed by atoms with van der Waals surface area (Å²) < 4.78 is 10.8. The third-order valence-corrected chi connectivity index (χ3v) is 2.97. The van der Waals surface area contributed by atoms with E-state index in [0.717, 1.165) is 36.3 Å². The Labute approximate surface area is 104 Å². The quantitative estimate of drug-likeness (QED) is 0.827. The van der Waals surface area contributed by atoms with Crippen molar-refractivity contribution in [3.05, 3.63) is 23.3 Å². The van der Waals surface area contributed by atoms with Gasteiger partial charge in [0, 0.05) is 11.6 Å². The average molecular weight is 237 g/mol. The molecule has 1 unspecified atom stereocenters. The molecule has 1 rings (SSSR count). The summed E-state index contributed by atoms with van der Waals surface area (Å²) >= 11 is 0. The van der Waals surface area contributed by atoms with Crippen LogP contribution in [0.5, 0.6) is 11.5 Å². The van der Waals surface area contributed by atoms with Crippen molar-refractivity contribution >= 4 is 0 Å². The van der Waals surface area contributed by atoms with E-state index in [-0.39, 0.29) is 6.04 Å². The molecule has 0 saturated heterocycles. The number of nitrogens with two attached hydrogens (primary N) is 1. The molecule has 0 radical (unpaired) electrons. The average Bonchev–Trinajstić information content (AvgIpc) is 2.29. The number of hydrogen-bond donors (Lipinski definition) is 1. The maximum Gasteiger partial charge on any atom is 0.128 e. The number of methoxy groups -OCH3 is 2. The van der Waals surface area contributed by atoms with Gasteiger partial charge >= 0.3 is 0 Å². The summed E-state index contributed by atoms with van der Waals surface area (Å²) in [6, 6.07) is 4.34. The van der Waals surface area contributed by atoms with E-state index in [1.54, 1.807) is 14.2 Å². The van der Waals surface area contributed by atoms with Crippen LogP contribution in [-0.4, -0.2) is 20.3 Å². The minimum absolute atomic E-state index is 0.264. The molecule has 96 valence electrons. The summed E-state index contributed by atoms with van der Waals surface area (Å²) in [6.07, 6.45) is 3.11. The van der Waals surface area contributed by atoms with E-state index in [9.17, 15) is 0 Å². The Morgan fingerprint density at radius 1 is 1.24 bits per heavy atom. The van der Waals surface area contributed by atoms with Crippen molar-refractivity contribution in [2.75, 3.05) is 14.2 Å². The first-order valence-electron chi connectivity index (χ1n) is 6.06. The van der Waals surface area contributed by atoms with E-state index in [2.05, 4.69) is 6.07 Å². The number of ether oxygens (including phenoxy) is 2. The van der Waals surface area contributed by atoms with E-state index >= 15 is 0 Å². The Hall–Kier alpha value is -1.22. The number of benzene rings is 1. The van der Waals surface area contributed by atoms with Gasteiger partial charge in [0.1, 0.15) is 11.5 Å². The first-order chi connectivity index (χ1) is 8.10. The molecule has 0 aliphatic carbocycles. The number of aryl methyl sites for hydroxylation is 1. The summed E-state index contributed by atoms with van der Waals surface area (Å²) in [5.74, 6) is 1.81. The molecule has 1 atom stereocenters. The maximum atomic E-state index is 5.75. The second kappa shape index (κ2) is 6.50. The Morgan fingerprint density at radius 2 is 1.94 bits per heavy atom. The van der Waals surface area contributed by atoms with Gasteiger partial charge in [0.25, 0.3) is 0 Å². The molecule has 1 aromatic rings. The molecule has 0 saturated carbocycles. The topological polar surface area (TPSA) is 44.5 Å². The molecular formula is C14H23NO2. The normalized spacial score (nSPS) is 12.3. The lowest BCUT2D eigenvalue weighted by Gasteiger charge is -2.14. The van der Waals surface area contributed by atoms with Crippen LogP contribution in [0.2, 0.25) is 0 Å². The van der Waals surface area contributed by atoms with Gasteiger partial charge in [-0.05, 0) is 44.7 Å². The van der Waals surface area contributed by atoms with E-state index in [1.165, 1.54) is 5.56 Å². The van der Waals surface area contributed by atoms with Gasteiger partial charge in [-0.2, -0.15) is 0 Å². The van der Waals surface area contributed by atoms with E-state index in [4.69, 9.17) is 15.2 Å². The lowest BCUT2D eigenvalue weighted by Crippen LogP contribution is -2.14. The fourth-order valence-electron chi connectivity index (χ4n) is 2.05. The van der Waals surface area contributed by atoms with Gasteiger partial charge in [-0.25, -0.2) is 0 Å². The summed E-state index contributed by atoms with van der Waals surface area (Å²) in [6.45, 7) is 4.06. The molecule has 0 amide bonds. The van der Waals surface area contributed by atoms with E-state index in [1.807, 2.05) is 19.9 Å². The standard InChI is InChI=1S/C14H23NO2/c1-10(15)6-5-7-12-8-9-13(16-3)11(2)14(12)17-4/h8-10H,5-7,15H2,1-4H3. The number of rotatable bonds is 6. The summed E-state index contributed by atoms with van der Waals surface area (Å²) in [5.41, 5.74) is 8.04. The van der Waals surface area contributed by atoms with Crippen LogP contribution in [0.1, 0.15) is 30.9 Å². The summed E-state index contributed by atoms with van der Waals surface area (Å²) in [4.78, 5) is 0. The van der Waals surface area contributed by atoms with Crippen LogP contribution in [0.25, 0.3) is 0 Å². The van der Waals surface area contributed by atoms with Crippen LogP contribution in [0.4, 0.5) is 0 Å². The highest BCUT2D eigenvalue weighted by molar-refractivity contribution is 5.49. The second-order valence-corrected chi connectivity index (χ2v) is 4.45. The monoisotopic (exact) mass is 237 g/mol. The van der Waals surface area contributed by atoms with Crippen molar-refractivity contribution in [1.82, 2.24) is 0 Å². The lowest BCUT2D eigenvalue weighted by molar-refractivity contribution is 0.385. The minimum Gasteiger partial charge on any atom is -0.496 e. The molecule has 0 fully saturated rings. The zero-order chi connectivity index (χ0) is 12.8. The van der Waals surface area contributed by atoms with Gasteiger partial charge < -0.3 is 15.2 Å². The molecular weight excluding hydrogens is 214 g/mol. The molecule has 0 heterocycles. The predicted molar refractivity (Wildman–Crippen MR) is 70.9 cm³/mol. The molecule has 3 heteroatoms. The van der Waals surface area contributed by atoms with Crippen LogP contribution in [0.15, 0.2) is 12.1 Å². The van der Waals surface area contributed by atoms with E-state index in [0.29, 0.717) is 0 Å². The molecule has 0 aromatic heterocycles. The first-order valence-corrected chi connectivity index (χ1v) is 6.06. The smallest absolute Gasteiger partial charge is 0.128 e. The highest BCUT2D eigenvalue weighted by atomic mass is 16.5. The second-order valence-electron chi connectivity index (χ2n) is 4.45. The van der Waals surface area contributed by atoms with Crippen molar-refractivity contribution in [3.63, 3.8) is 0 Å². The van der Waals surface area contributed by atoms with Crippen molar-refractivity contribution in [1.29, 1.82) is 0 Å². The van der Waals surface area contributed by atoms with Crippen molar-refractivity contribution < 1.29 is 9.47 Å². The van der Waals surface area contributed by atoms with Crippen molar-refractivity contribution in [3.8, 4) is 11.5 Å². The zero-order valence-electron chi connectivity index (χ0n) is 11.2. The van der Waals surface area contributed by atoms with Crippen molar-refractivity contribution in [2.24, 2.45) is 5.73 Å². The molecule has 0 aliphatic rings. The van der Waals surface area contributed by atoms with E-state index < -0.39 is 0 Å². The molecule has 1 aromatic carbocycles. The Bertz CT molecular complexity index is 361. The Kier molecular flexibility index (Phi) is 5.29. The summed E-state index contributed by atoms with van der Waals surface area (Å²) in [7, 11) is 3.38. The molecule has 0 bridgehead atoms. The molecule has 17 heavy (non-hydrogen) atoms. The molecule has 0 aliphatic heterocycles. The van der Waals surface area contributed by atoms with Gasteiger partial charge in [-0.15, -0.1) is 0 Å². The maximum absolute atomic E-state index is 5.75. The van der Waals surface area contributed by atoms with Gasteiger partial charge in [-0.1, -0.05) is 6.07 Å². The van der Waals surface area contributed by atoms with Crippen LogP contribution < -0.4 is 15.2 Å². The van der Waals surface area contributed by atoms with Crippen molar-refractivity contribution in [2.45, 2.75) is 39.2 Å². The third kappa shape index (κ3) is 3.63. The zero-order valence-corrected chi connectivity index (χ0v) is 11.2. The van der Waals surface area contributed by atoms with Crippen LogP contribution in [-0.2, 0) is 6.42 Å². The van der Waals surface area contributed by atoms with Gasteiger partial charge in [0.15, 0.2) is 0 Å². The highest BCUT2D eigenvalue weighted by Crippen LogP contribution is 2.32. The fraction of sp³-hybridized carbons (Fsp3) is 0.571. The lowest BCUT2D eigenvalue weighted by atomic mass is 10.0. The number of hydrogen-bond acceptors (Lipinski definition) is 3. The molecule has 3 nitrogen and oxygen atoms in total. The van der Waals surface area contributed by atoms with Gasteiger partial charge in [0.2, 0.25) is 0 Å². The van der Waals surface area contributed by atoms with Crippen LogP contribution >= 0.6 is 0 Å². The Morgan fingerprint density at radius 3 is 2.47 bits per heavy atom. The molecule has 2 N–H and O–H groups in total. The highest BCUT2D eigenvalue weighted by Gasteiger charge is 2.10. The largest absolute Gasteiger partial charge is 0.496 e. The Balaban J connectivity index is 2.81. The molecule has 0 spiro atoms. The van der Waals surface area contributed by atoms with Gasteiger partial charge in [-0.3, -0.25) is 0 Å². The first kappa shape index (κ1) is 13.8. The predicted octanol–water partition coefficient (Wildman–Crippen LogP) is 2.68. The van der Waals surface area contributed by atoms with Crippen LogP contribution in [0.3, 0.4) is 0 Å². The third-order valence-electron chi connectivity index (χ3n) is 2.97. The van der Waals surface area contributed by atoms with Crippen LogP contribution in [0, 0.1) is 6.92 Å².